The van der Waals surface area contributed by atoms with Crippen molar-refractivity contribution in [2.45, 2.75) is 6.42 Å². The number of fused-ring (bicyclic) bond motifs is 1. The summed E-state index contributed by atoms with van der Waals surface area (Å²) in [5.41, 5.74) is 2.81. The summed E-state index contributed by atoms with van der Waals surface area (Å²) in [5, 5.41) is 2.76. The molecule has 0 aliphatic carbocycles. The number of nitrogens with one attached hydrogen (secondary N) is 1. The van der Waals surface area contributed by atoms with Crippen molar-refractivity contribution in [3.05, 3.63) is 47.9 Å². The lowest BCUT2D eigenvalue weighted by Gasteiger charge is -2.18. The third-order valence-corrected chi connectivity index (χ3v) is 3.64. The first-order valence-electron chi connectivity index (χ1n) is 7.24. The molecule has 0 atom stereocenters. The van der Waals surface area contributed by atoms with Gasteiger partial charge in [0.1, 0.15) is 17.8 Å². The number of amides is 1. The summed E-state index contributed by atoms with van der Waals surface area (Å²) in [4.78, 5) is 22.5. The molecule has 0 bridgehead atoms. The van der Waals surface area contributed by atoms with Crippen molar-refractivity contribution in [1.82, 2.24) is 15.3 Å². The fraction of sp³-hybridized carbons (Fsp3) is 0.312. The fourth-order valence-corrected chi connectivity index (χ4v) is 2.55. The highest BCUT2D eigenvalue weighted by atomic mass is 16.5. The van der Waals surface area contributed by atoms with Crippen molar-refractivity contribution in [2.24, 2.45) is 0 Å². The van der Waals surface area contributed by atoms with E-state index in [2.05, 4.69) is 32.3 Å². The molecule has 3 rings (SSSR count). The lowest BCUT2D eigenvalue weighted by molar-refractivity contribution is 0.0932. The Morgan fingerprint density at radius 2 is 2.23 bits per heavy atom. The van der Waals surface area contributed by atoms with Gasteiger partial charge in [-0.25, -0.2) is 9.97 Å². The van der Waals surface area contributed by atoms with Crippen LogP contribution in [-0.4, -0.2) is 42.7 Å². The number of methoxy groups -OCH3 is 1. The molecule has 0 radical (unpaired) electrons. The zero-order valence-corrected chi connectivity index (χ0v) is 12.5. The van der Waals surface area contributed by atoms with Crippen molar-refractivity contribution >= 4 is 17.4 Å². The maximum absolute atomic E-state index is 12.1. The Hall–Kier alpha value is -2.47. The monoisotopic (exact) mass is 298 g/mol. The average molecular weight is 298 g/mol. The van der Waals surface area contributed by atoms with Gasteiger partial charge in [0.25, 0.3) is 5.91 Å². The molecule has 1 N–H and O–H groups in total. The molecule has 1 amide bonds. The molecule has 1 aliphatic rings. The molecule has 0 unspecified atom stereocenters. The van der Waals surface area contributed by atoms with E-state index in [1.807, 2.05) is 12.1 Å². The van der Waals surface area contributed by atoms with E-state index in [4.69, 9.17) is 4.74 Å². The van der Waals surface area contributed by atoms with Crippen LogP contribution in [-0.2, 0) is 11.2 Å². The van der Waals surface area contributed by atoms with Gasteiger partial charge in [-0.2, -0.15) is 0 Å². The molecule has 22 heavy (non-hydrogen) atoms. The molecular weight excluding hydrogens is 280 g/mol. The highest BCUT2D eigenvalue weighted by molar-refractivity contribution is 5.93. The smallest absolute Gasteiger partial charge is 0.270 e. The van der Waals surface area contributed by atoms with Crippen molar-refractivity contribution < 1.29 is 9.53 Å². The van der Waals surface area contributed by atoms with Gasteiger partial charge in [-0.1, -0.05) is 18.2 Å². The van der Waals surface area contributed by atoms with Crippen LogP contribution in [0.25, 0.3) is 0 Å². The number of ether oxygens (including phenoxy) is 1. The van der Waals surface area contributed by atoms with E-state index >= 15 is 0 Å². The lowest BCUT2D eigenvalue weighted by Crippen LogP contribution is -2.28. The number of nitrogens with zero attached hydrogens (tertiary/aromatic N) is 3. The Morgan fingerprint density at radius 1 is 1.36 bits per heavy atom. The van der Waals surface area contributed by atoms with Gasteiger partial charge in [0.05, 0.1) is 6.61 Å². The second-order valence-corrected chi connectivity index (χ2v) is 5.04. The van der Waals surface area contributed by atoms with Gasteiger partial charge in [-0.15, -0.1) is 0 Å². The first-order valence-corrected chi connectivity index (χ1v) is 7.24. The highest BCUT2D eigenvalue weighted by Gasteiger charge is 2.21. The quantitative estimate of drug-likeness (QED) is 0.848. The third kappa shape index (κ3) is 2.92. The molecule has 2 aromatic rings. The van der Waals surface area contributed by atoms with Gasteiger partial charge in [-0.05, 0) is 18.1 Å². The van der Waals surface area contributed by atoms with Gasteiger partial charge >= 0.3 is 0 Å². The van der Waals surface area contributed by atoms with E-state index in [0.29, 0.717) is 18.8 Å². The van der Waals surface area contributed by atoms with Crippen molar-refractivity contribution in [1.29, 1.82) is 0 Å². The Labute approximate surface area is 129 Å². The van der Waals surface area contributed by atoms with Gasteiger partial charge in [0.2, 0.25) is 0 Å². The van der Waals surface area contributed by atoms with Gasteiger partial charge in [-0.3, -0.25) is 4.79 Å². The summed E-state index contributed by atoms with van der Waals surface area (Å²) in [7, 11) is 1.60. The third-order valence-electron chi connectivity index (χ3n) is 3.64. The Kier molecular flexibility index (Phi) is 4.29. The molecule has 114 valence electrons. The second kappa shape index (κ2) is 6.53. The first-order chi connectivity index (χ1) is 10.8. The second-order valence-electron chi connectivity index (χ2n) is 5.04. The van der Waals surface area contributed by atoms with Gasteiger partial charge < -0.3 is 15.0 Å². The lowest BCUT2D eigenvalue weighted by atomic mass is 10.2. The van der Waals surface area contributed by atoms with Crippen LogP contribution >= 0.6 is 0 Å². The summed E-state index contributed by atoms with van der Waals surface area (Å²) >= 11 is 0. The fourth-order valence-electron chi connectivity index (χ4n) is 2.55. The van der Waals surface area contributed by atoms with Crippen LogP contribution in [0, 0.1) is 0 Å². The van der Waals surface area contributed by atoms with Crippen molar-refractivity contribution in [3.63, 3.8) is 0 Å². The summed E-state index contributed by atoms with van der Waals surface area (Å²) in [6.07, 6.45) is 2.41. The highest BCUT2D eigenvalue weighted by Crippen LogP contribution is 2.32. The minimum absolute atomic E-state index is 0.215. The van der Waals surface area contributed by atoms with E-state index in [1.165, 1.54) is 11.9 Å². The van der Waals surface area contributed by atoms with Crippen LogP contribution in [0.5, 0.6) is 0 Å². The molecule has 6 nitrogen and oxygen atoms in total. The minimum atomic E-state index is -0.215. The average Bonchev–Trinajstić information content (AvgIpc) is 2.99. The van der Waals surface area contributed by atoms with Crippen LogP contribution in [0.2, 0.25) is 0 Å². The number of benzene rings is 1. The summed E-state index contributed by atoms with van der Waals surface area (Å²) < 4.78 is 4.92. The zero-order chi connectivity index (χ0) is 15.4. The van der Waals surface area contributed by atoms with Crippen LogP contribution in [0.3, 0.4) is 0 Å². The molecule has 1 aromatic heterocycles. The topological polar surface area (TPSA) is 67.3 Å². The Morgan fingerprint density at radius 3 is 3.09 bits per heavy atom. The van der Waals surface area contributed by atoms with E-state index in [0.717, 1.165) is 24.5 Å². The largest absolute Gasteiger partial charge is 0.383 e. The van der Waals surface area contributed by atoms with Crippen molar-refractivity contribution in [2.75, 3.05) is 31.7 Å². The van der Waals surface area contributed by atoms with E-state index < -0.39 is 0 Å². The summed E-state index contributed by atoms with van der Waals surface area (Å²) in [5.74, 6) is 0.532. The molecule has 1 aromatic carbocycles. The molecule has 1 aliphatic heterocycles. The molecule has 0 spiro atoms. The standard InChI is InChI=1S/C16H18N4O2/c1-22-9-7-17-16(21)13-10-15(19-11-18-13)20-8-6-12-4-2-3-5-14(12)20/h2-5,10-11H,6-9H2,1H3,(H,17,21). The summed E-state index contributed by atoms with van der Waals surface area (Å²) in [6.45, 7) is 1.80. The zero-order valence-electron chi connectivity index (χ0n) is 12.5. The minimum Gasteiger partial charge on any atom is -0.383 e. The van der Waals surface area contributed by atoms with Gasteiger partial charge in [0.15, 0.2) is 0 Å². The number of rotatable bonds is 5. The number of carbonyl (C=O) groups excluding carboxylic acids is 1. The molecule has 2 heterocycles. The molecule has 0 fully saturated rings. The number of para-hydroxylation sites is 1. The Bertz CT molecular complexity index is 675. The van der Waals surface area contributed by atoms with E-state index in [1.54, 1.807) is 13.2 Å². The van der Waals surface area contributed by atoms with Gasteiger partial charge in [0, 0.05) is 32.0 Å². The first kappa shape index (κ1) is 14.5. The van der Waals surface area contributed by atoms with Crippen LogP contribution < -0.4 is 10.2 Å². The van der Waals surface area contributed by atoms with E-state index in [9.17, 15) is 4.79 Å². The predicted octanol–water partition coefficient (Wildman–Crippen LogP) is 1.55. The molecule has 6 heteroatoms. The predicted molar refractivity (Wildman–Crippen MR) is 83.4 cm³/mol. The maximum Gasteiger partial charge on any atom is 0.270 e. The van der Waals surface area contributed by atoms with Crippen molar-refractivity contribution in [3.8, 4) is 0 Å². The maximum atomic E-state index is 12.1. The number of hydrogen-bond acceptors (Lipinski definition) is 5. The number of aromatic nitrogens is 2. The number of anilines is 2. The normalized spacial score (nSPS) is 13.0. The molecule has 0 saturated carbocycles. The number of carbonyl (C=O) groups is 1. The van der Waals surface area contributed by atoms with E-state index in [-0.39, 0.29) is 5.91 Å². The van der Waals surface area contributed by atoms with Crippen LogP contribution in [0.1, 0.15) is 16.1 Å². The molecular formula is C16H18N4O2. The number of hydrogen-bond donors (Lipinski definition) is 1. The van der Waals surface area contributed by atoms with Crippen LogP contribution in [0.15, 0.2) is 36.7 Å². The SMILES string of the molecule is COCCNC(=O)c1cc(N2CCc3ccccc32)ncn1. The van der Waals surface area contributed by atoms with Crippen LogP contribution in [0.4, 0.5) is 11.5 Å². The molecule has 0 saturated heterocycles. The summed E-state index contributed by atoms with van der Waals surface area (Å²) in [6, 6.07) is 9.97. The Balaban J connectivity index is 1.79.